The van der Waals surface area contributed by atoms with Gasteiger partial charge in [-0.1, -0.05) is 27.5 Å². The maximum Gasteiger partial charge on any atom is 0.219 e. The van der Waals surface area contributed by atoms with Crippen LogP contribution in [-0.2, 0) is 6.54 Å². The van der Waals surface area contributed by atoms with Gasteiger partial charge in [-0.2, -0.15) is 0 Å². The summed E-state index contributed by atoms with van der Waals surface area (Å²) in [6.45, 7) is 7.15. The standard InChI is InChI=1S/C16H18BrClN2O/c1-16(2,3)20-10-11-6-7-19-15(8-11)21-14-9-12(17)4-5-13(14)18/h4-9,20H,10H2,1-3H3. The maximum atomic E-state index is 6.12. The predicted molar refractivity (Wildman–Crippen MR) is 90.1 cm³/mol. The van der Waals surface area contributed by atoms with Crippen LogP contribution in [0.25, 0.3) is 0 Å². The lowest BCUT2D eigenvalue weighted by Crippen LogP contribution is -2.35. The number of pyridine rings is 1. The number of nitrogens with zero attached hydrogens (tertiary/aromatic N) is 1. The van der Waals surface area contributed by atoms with Gasteiger partial charge in [-0.15, -0.1) is 0 Å². The van der Waals surface area contributed by atoms with E-state index in [9.17, 15) is 0 Å². The van der Waals surface area contributed by atoms with Crippen LogP contribution in [0, 0.1) is 0 Å². The third-order valence-electron chi connectivity index (χ3n) is 2.73. The number of benzene rings is 1. The second kappa shape index (κ2) is 6.77. The first-order valence-corrected chi connectivity index (χ1v) is 7.83. The van der Waals surface area contributed by atoms with Crippen LogP contribution in [0.5, 0.6) is 11.6 Å². The van der Waals surface area contributed by atoms with E-state index in [4.69, 9.17) is 16.3 Å². The lowest BCUT2D eigenvalue weighted by molar-refractivity contribution is 0.422. The van der Waals surface area contributed by atoms with E-state index in [2.05, 4.69) is 47.0 Å². The molecular formula is C16H18BrClN2O. The first-order valence-electron chi connectivity index (χ1n) is 6.66. The van der Waals surface area contributed by atoms with Gasteiger partial charge < -0.3 is 10.1 Å². The molecule has 1 N–H and O–H groups in total. The average molecular weight is 370 g/mol. The molecule has 2 aromatic rings. The van der Waals surface area contributed by atoms with Gasteiger partial charge >= 0.3 is 0 Å². The molecule has 0 radical (unpaired) electrons. The van der Waals surface area contributed by atoms with Gasteiger partial charge in [-0.25, -0.2) is 4.98 Å². The molecule has 0 saturated heterocycles. The third-order valence-corrected chi connectivity index (χ3v) is 3.54. The smallest absolute Gasteiger partial charge is 0.219 e. The molecule has 0 atom stereocenters. The Kier molecular flexibility index (Phi) is 5.25. The van der Waals surface area contributed by atoms with Crippen LogP contribution in [0.1, 0.15) is 26.3 Å². The second-order valence-corrected chi connectivity index (χ2v) is 7.11. The minimum Gasteiger partial charge on any atom is -0.437 e. The Labute approximate surface area is 138 Å². The van der Waals surface area contributed by atoms with E-state index in [0.29, 0.717) is 16.7 Å². The summed E-state index contributed by atoms with van der Waals surface area (Å²) in [6, 6.07) is 9.35. The Hall–Kier alpha value is -1.10. The lowest BCUT2D eigenvalue weighted by atomic mass is 10.1. The summed E-state index contributed by atoms with van der Waals surface area (Å²) in [7, 11) is 0. The van der Waals surface area contributed by atoms with Crippen molar-refractivity contribution in [2.45, 2.75) is 32.9 Å². The van der Waals surface area contributed by atoms with Crippen LogP contribution in [0.3, 0.4) is 0 Å². The van der Waals surface area contributed by atoms with E-state index in [1.54, 1.807) is 12.3 Å². The summed E-state index contributed by atoms with van der Waals surface area (Å²) >= 11 is 9.52. The highest BCUT2D eigenvalue weighted by Crippen LogP contribution is 2.31. The van der Waals surface area contributed by atoms with Crippen LogP contribution >= 0.6 is 27.5 Å². The summed E-state index contributed by atoms with van der Waals surface area (Å²) in [5, 5.41) is 3.99. The first kappa shape index (κ1) is 16.3. The topological polar surface area (TPSA) is 34.2 Å². The third kappa shape index (κ3) is 5.30. The van der Waals surface area contributed by atoms with Crippen LogP contribution in [-0.4, -0.2) is 10.5 Å². The number of nitrogens with one attached hydrogen (secondary N) is 1. The molecule has 0 aliphatic rings. The number of halogens is 2. The van der Waals surface area contributed by atoms with E-state index in [1.165, 1.54) is 0 Å². The molecule has 0 saturated carbocycles. The van der Waals surface area contributed by atoms with Crippen LogP contribution in [0.15, 0.2) is 41.0 Å². The minimum atomic E-state index is 0.0674. The molecule has 0 aliphatic carbocycles. The summed E-state index contributed by atoms with van der Waals surface area (Å²) in [6.07, 6.45) is 1.74. The highest BCUT2D eigenvalue weighted by molar-refractivity contribution is 9.10. The maximum absolute atomic E-state index is 6.12. The molecule has 0 spiro atoms. The Morgan fingerprint density at radius 1 is 1.24 bits per heavy atom. The Morgan fingerprint density at radius 3 is 2.71 bits per heavy atom. The van der Waals surface area contributed by atoms with Crippen molar-refractivity contribution in [2.24, 2.45) is 0 Å². The van der Waals surface area contributed by atoms with Crippen molar-refractivity contribution in [3.05, 3.63) is 51.6 Å². The number of hydrogen-bond acceptors (Lipinski definition) is 3. The Balaban J connectivity index is 2.12. The van der Waals surface area contributed by atoms with E-state index >= 15 is 0 Å². The normalized spacial score (nSPS) is 11.5. The Bertz CT molecular complexity index is 626. The fraction of sp³-hybridized carbons (Fsp3) is 0.312. The SMILES string of the molecule is CC(C)(C)NCc1ccnc(Oc2cc(Br)ccc2Cl)c1. The minimum absolute atomic E-state index is 0.0674. The zero-order valence-electron chi connectivity index (χ0n) is 12.3. The van der Waals surface area contributed by atoms with Gasteiger partial charge in [0, 0.05) is 28.8 Å². The molecule has 21 heavy (non-hydrogen) atoms. The van der Waals surface area contributed by atoms with Crippen LogP contribution in [0.2, 0.25) is 5.02 Å². The van der Waals surface area contributed by atoms with Crippen molar-refractivity contribution < 1.29 is 4.74 Å². The van der Waals surface area contributed by atoms with Crippen LogP contribution < -0.4 is 10.1 Å². The van der Waals surface area contributed by atoms with Gasteiger partial charge in [0.25, 0.3) is 0 Å². The largest absolute Gasteiger partial charge is 0.437 e. The van der Waals surface area contributed by atoms with Gasteiger partial charge in [0.15, 0.2) is 0 Å². The quantitative estimate of drug-likeness (QED) is 0.806. The van der Waals surface area contributed by atoms with Crippen LogP contribution in [0.4, 0.5) is 0 Å². The van der Waals surface area contributed by atoms with Gasteiger partial charge in [-0.05, 0) is 50.6 Å². The molecule has 0 amide bonds. The molecule has 0 unspecified atom stereocenters. The molecule has 5 heteroatoms. The van der Waals surface area contributed by atoms with Gasteiger partial charge in [0.2, 0.25) is 5.88 Å². The molecule has 1 aromatic carbocycles. The molecule has 0 fully saturated rings. The van der Waals surface area contributed by atoms with Gasteiger partial charge in [0.05, 0.1) is 5.02 Å². The molecule has 0 aliphatic heterocycles. The number of ether oxygens (including phenoxy) is 1. The lowest BCUT2D eigenvalue weighted by Gasteiger charge is -2.20. The Morgan fingerprint density at radius 2 is 2.00 bits per heavy atom. The average Bonchev–Trinajstić information content (AvgIpc) is 2.40. The number of hydrogen-bond donors (Lipinski definition) is 1. The summed E-state index contributed by atoms with van der Waals surface area (Å²) in [5.74, 6) is 1.11. The van der Waals surface area contributed by atoms with Gasteiger partial charge in [-0.3, -0.25) is 0 Å². The monoisotopic (exact) mass is 368 g/mol. The van der Waals surface area contributed by atoms with E-state index in [1.807, 2.05) is 24.3 Å². The van der Waals surface area contributed by atoms with Crippen molar-refractivity contribution in [2.75, 3.05) is 0 Å². The fourth-order valence-corrected chi connectivity index (χ4v) is 2.15. The molecule has 1 heterocycles. The predicted octanol–water partition coefficient (Wildman–Crippen LogP) is 5.18. The highest BCUT2D eigenvalue weighted by atomic mass is 79.9. The molecule has 0 bridgehead atoms. The fourth-order valence-electron chi connectivity index (χ4n) is 1.65. The van der Waals surface area contributed by atoms with E-state index in [-0.39, 0.29) is 5.54 Å². The molecule has 1 aromatic heterocycles. The van der Waals surface area contributed by atoms with Crippen molar-refractivity contribution in [1.29, 1.82) is 0 Å². The molecular weight excluding hydrogens is 352 g/mol. The number of rotatable bonds is 4. The first-order chi connectivity index (χ1) is 9.83. The van der Waals surface area contributed by atoms with Crippen molar-refractivity contribution in [3.8, 4) is 11.6 Å². The number of aromatic nitrogens is 1. The van der Waals surface area contributed by atoms with Crippen molar-refractivity contribution in [1.82, 2.24) is 10.3 Å². The molecule has 2 rings (SSSR count). The van der Waals surface area contributed by atoms with Crippen molar-refractivity contribution in [3.63, 3.8) is 0 Å². The molecule has 3 nitrogen and oxygen atoms in total. The summed E-state index contributed by atoms with van der Waals surface area (Å²) < 4.78 is 6.67. The van der Waals surface area contributed by atoms with Crippen molar-refractivity contribution >= 4 is 27.5 Å². The molecule has 112 valence electrons. The second-order valence-electron chi connectivity index (χ2n) is 5.78. The summed E-state index contributed by atoms with van der Waals surface area (Å²) in [5.41, 5.74) is 1.18. The highest BCUT2D eigenvalue weighted by Gasteiger charge is 2.10. The zero-order chi connectivity index (χ0) is 15.5. The van der Waals surface area contributed by atoms with E-state index in [0.717, 1.165) is 16.6 Å². The summed E-state index contributed by atoms with van der Waals surface area (Å²) in [4.78, 5) is 4.23. The van der Waals surface area contributed by atoms with E-state index < -0.39 is 0 Å². The van der Waals surface area contributed by atoms with Gasteiger partial charge in [0.1, 0.15) is 5.75 Å². The zero-order valence-corrected chi connectivity index (χ0v) is 14.6.